The van der Waals surface area contributed by atoms with Gasteiger partial charge in [0.1, 0.15) is 6.61 Å². The SMILES string of the molecule is C=CCOC(=O)C1=C(C)N=C2SC=C(CC(=O)NCCOC)N2C1c1ccc(OC)c(OC)c1. The minimum absolute atomic E-state index is 0.0736. The molecular weight excluding hydrogens is 458 g/mol. The monoisotopic (exact) mass is 487 g/mol. The maximum Gasteiger partial charge on any atom is 0.338 e. The Balaban J connectivity index is 2.02. The third-order valence-electron chi connectivity index (χ3n) is 5.25. The summed E-state index contributed by atoms with van der Waals surface area (Å²) in [5.41, 5.74) is 2.42. The molecule has 1 aromatic carbocycles. The van der Waals surface area contributed by atoms with Gasteiger partial charge < -0.3 is 29.2 Å². The molecule has 0 fully saturated rings. The summed E-state index contributed by atoms with van der Waals surface area (Å²) < 4.78 is 21.3. The van der Waals surface area contributed by atoms with Crippen LogP contribution in [0.4, 0.5) is 0 Å². The number of amides is 1. The van der Waals surface area contributed by atoms with E-state index in [2.05, 4.69) is 16.9 Å². The van der Waals surface area contributed by atoms with E-state index in [1.165, 1.54) is 17.8 Å². The summed E-state index contributed by atoms with van der Waals surface area (Å²) in [6.45, 7) is 6.30. The molecule has 10 heteroatoms. The number of nitrogens with one attached hydrogen (secondary N) is 1. The number of amidine groups is 1. The van der Waals surface area contributed by atoms with Crippen molar-refractivity contribution in [2.45, 2.75) is 19.4 Å². The van der Waals surface area contributed by atoms with Crippen LogP contribution in [0.5, 0.6) is 11.5 Å². The van der Waals surface area contributed by atoms with Gasteiger partial charge in [-0.1, -0.05) is 30.5 Å². The Kier molecular flexibility index (Phi) is 8.78. The molecular formula is C24H29N3O6S. The van der Waals surface area contributed by atoms with Gasteiger partial charge in [0.05, 0.1) is 44.6 Å². The van der Waals surface area contributed by atoms with Gasteiger partial charge in [0, 0.05) is 19.4 Å². The number of benzene rings is 1. The van der Waals surface area contributed by atoms with Gasteiger partial charge in [-0.2, -0.15) is 0 Å². The second-order valence-corrected chi connectivity index (χ2v) is 8.25. The molecule has 1 aromatic rings. The van der Waals surface area contributed by atoms with Crippen LogP contribution in [-0.4, -0.2) is 63.0 Å². The molecule has 0 saturated heterocycles. The van der Waals surface area contributed by atoms with Gasteiger partial charge in [0.2, 0.25) is 5.91 Å². The largest absolute Gasteiger partial charge is 0.493 e. The molecule has 9 nitrogen and oxygen atoms in total. The average Bonchev–Trinajstić information content (AvgIpc) is 3.22. The van der Waals surface area contributed by atoms with Crippen LogP contribution in [0.2, 0.25) is 0 Å². The molecule has 2 heterocycles. The smallest absolute Gasteiger partial charge is 0.338 e. The molecule has 1 atom stereocenters. The quantitative estimate of drug-likeness (QED) is 0.289. The van der Waals surface area contributed by atoms with Crippen molar-refractivity contribution in [3.63, 3.8) is 0 Å². The van der Waals surface area contributed by atoms with Crippen LogP contribution in [0.3, 0.4) is 0 Å². The zero-order valence-electron chi connectivity index (χ0n) is 19.8. The van der Waals surface area contributed by atoms with Crippen LogP contribution >= 0.6 is 11.8 Å². The molecule has 1 N–H and O–H groups in total. The van der Waals surface area contributed by atoms with Crippen LogP contribution < -0.4 is 14.8 Å². The summed E-state index contributed by atoms with van der Waals surface area (Å²) in [6.07, 6.45) is 1.63. The summed E-state index contributed by atoms with van der Waals surface area (Å²) in [6, 6.07) is 4.89. The summed E-state index contributed by atoms with van der Waals surface area (Å²) in [5.74, 6) is 0.436. The number of aliphatic imine (C=N–C) groups is 1. The Morgan fingerprint density at radius 1 is 1.24 bits per heavy atom. The van der Waals surface area contributed by atoms with E-state index in [1.807, 2.05) is 22.4 Å². The molecule has 0 bridgehead atoms. The Morgan fingerprint density at radius 2 is 2.00 bits per heavy atom. The fourth-order valence-corrected chi connectivity index (χ4v) is 4.67. The Morgan fingerprint density at radius 3 is 2.68 bits per heavy atom. The topological polar surface area (TPSA) is 98.7 Å². The van der Waals surface area contributed by atoms with Crippen molar-refractivity contribution in [3.8, 4) is 11.5 Å². The number of fused-ring (bicyclic) bond motifs is 1. The molecule has 2 aliphatic heterocycles. The van der Waals surface area contributed by atoms with Gasteiger partial charge >= 0.3 is 5.97 Å². The van der Waals surface area contributed by atoms with Crippen LogP contribution in [0.1, 0.15) is 24.9 Å². The van der Waals surface area contributed by atoms with Crippen molar-refractivity contribution in [2.75, 3.05) is 41.1 Å². The molecule has 1 amide bonds. The fraction of sp³-hybridized carbons (Fsp3) is 0.375. The summed E-state index contributed by atoms with van der Waals surface area (Å²) in [5, 5.41) is 5.39. The van der Waals surface area contributed by atoms with Crippen LogP contribution in [-0.2, 0) is 19.1 Å². The lowest BCUT2D eigenvalue weighted by Crippen LogP contribution is -2.38. The molecule has 2 aliphatic rings. The second kappa shape index (κ2) is 11.8. The number of thioether (sulfide) groups is 1. The van der Waals surface area contributed by atoms with Crippen molar-refractivity contribution in [1.82, 2.24) is 10.2 Å². The Hall–Kier alpha value is -3.24. The van der Waals surface area contributed by atoms with Crippen molar-refractivity contribution >= 4 is 28.8 Å². The van der Waals surface area contributed by atoms with Gasteiger partial charge in [-0.3, -0.25) is 4.79 Å². The summed E-state index contributed by atoms with van der Waals surface area (Å²) >= 11 is 1.41. The van der Waals surface area contributed by atoms with E-state index in [9.17, 15) is 9.59 Å². The van der Waals surface area contributed by atoms with Gasteiger partial charge in [0.25, 0.3) is 0 Å². The average molecular weight is 488 g/mol. The second-order valence-electron chi connectivity index (χ2n) is 7.41. The predicted octanol–water partition coefficient (Wildman–Crippen LogP) is 3.16. The maximum absolute atomic E-state index is 13.1. The van der Waals surface area contributed by atoms with Gasteiger partial charge in [-0.05, 0) is 30.0 Å². The lowest BCUT2D eigenvalue weighted by atomic mass is 9.93. The van der Waals surface area contributed by atoms with E-state index in [1.54, 1.807) is 34.3 Å². The number of nitrogens with zero attached hydrogens (tertiary/aromatic N) is 2. The fourth-order valence-electron chi connectivity index (χ4n) is 3.70. The van der Waals surface area contributed by atoms with E-state index >= 15 is 0 Å². The van der Waals surface area contributed by atoms with Crippen molar-refractivity contribution < 1.29 is 28.5 Å². The molecule has 0 aromatic heterocycles. The number of carbonyl (C=O) groups excluding carboxylic acids is 2. The number of rotatable bonds is 11. The minimum Gasteiger partial charge on any atom is -0.493 e. The van der Waals surface area contributed by atoms with Crippen molar-refractivity contribution in [1.29, 1.82) is 0 Å². The van der Waals surface area contributed by atoms with Crippen molar-refractivity contribution in [2.24, 2.45) is 4.99 Å². The highest BCUT2D eigenvalue weighted by Crippen LogP contribution is 2.46. The van der Waals surface area contributed by atoms with Gasteiger partial charge in [-0.25, -0.2) is 9.79 Å². The van der Waals surface area contributed by atoms with E-state index in [0.29, 0.717) is 41.1 Å². The first-order valence-electron chi connectivity index (χ1n) is 10.6. The number of methoxy groups -OCH3 is 3. The van der Waals surface area contributed by atoms with Crippen LogP contribution in [0.15, 0.2) is 58.2 Å². The standard InChI is InChI=1S/C24H29N3O6S/c1-6-10-33-23(29)21-15(2)26-24-27(17(14-34-24)13-20(28)25-9-11-30-3)22(21)16-7-8-18(31-4)19(12-16)32-5/h6-8,12,14,22H,1,9-11,13H2,2-5H3,(H,25,28). The molecule has 182 valence electrons. The third kappa shape index (κ3) is 5.45. The minimum atomic E-state index is -0.572. The maximum atomic E-state index is 13.1. The predicted molar refractivity (Wildman–Crippen MR) is 131 cm³/mol. The third-order valence-corrected chi connectivity index (χ3v) is 6.13. The number of carbonyl (C=O) groups is 2. The molecule has 0 aliphatic carbocycles. The van der Waals surface area contributed by atoms with E-state index in [0.717, 1.165) is 11.3 Å². The zero-order chi connectivity index (χ0) is 24.7. The Labute approximate surface area is 203 Å². The number of allylic oxidation sites excluding steroid dienone is 1. The number of hydrogen-bond donors (Lipinski definition) is 1. The normalized spacial score (nSPS) is 16.9. The first kappa shape index (κ1) is 25.4. The van der Waals surface area contributed by atoms with Crippen LogP contribution in [0, 0.1) is 0 Å². The van der Waals surface area contributed by atoms with Gasteiger partial charge in [0.15, 0.2) is 16.7 Å². The molecule has 0 radical (unpaired) electrons. The first-order chi connectivity index (χ1) is 16.4. The molecule has 3 rings (SSSR count). The lowest BCUT2D eigenvalue weighted by Gasteiger charge is -2.36. The number of ether oxygens (including phenoxy) is 4. The first-order valence-corrected chi connectivity index (χ1v) is 11.5. The molecule has 0 spiro atoms. The lowest BCUT2D eigenvalue weighted by molar-refractivity contribution is -0.138. The molecule has 0 saturated carbocycles. The summed E-state index contributed by atoms with van der Waals surface area (Å²) in [7, 11) is 4.69. The van der Waals surface area contributed by atoms with Crippen LogP contribution in [0.25, 0.3) is 0 Å². The van der Waals surface area contributed by atoms with Crippen molar-refractivity contribution in [3.05, 3.63) is 58.8 Å². The van der Waals surface area contributed by atoms with E-state index in [-0.39, 0.29) is 18.9 Å². The zero-order valence-corrected chi connectivity index (χ0v) is 20.6. The van der Waals surface area contributed by atoms with E-state index < -0.39 is 12.0 Å². The van der Waals surface area contributed by atoms with Gasteiger partial charge in [-0.15, -0.1) is 0 Å². The number of esters is 1. The Bertz CT molecular complexity index is 1050. The molecule has 34 heavy (non-hydrogen) atoms. The van der Waals surface area contributed by atoms with E-state index in [4.69, 9.17) is 18.9 Å². The number of hydrogen-bond acceptors (Lipinski definition) is 9. The molecule has 1 unspecified atom stereocenters. The highest BCUT2D eigenvalue weighted by atomic mass is 32.2. The highest BCUT2D eigenvalue weighted by Gasteiger charge is 2.41. The highest BCUT2D eigenvalue weighted by molar-refractivity contribution is 8.16. The summed E-state index contributed by atoms with van der Waals surface area (Å²) in [4.78, 5) is 32.2.